The molecule has 1 N–H and O–H groups in total. The van der Waals surface area contributed by atoms with Crippen molar-refractivity contribution < 1.29 is 22.7 Å². The molecule has 0 saturated heterocycles. The van der Waals surface area contributed by atoms with Gasteiger partial charge in [0.25, 0.3) is 0 Å². The summed E-state index contributed by atoms with van der Waals surface area (Å²) in [5.41, 5.74) is 2.15. The Kier molecular flexibility index (Phi) is 9.92. The Hall–Kier alpha value is -3.07. The van der Waals surface area contributed by atoms with Gasteiger partial charge in [-0.05, 0) is 50.5 Å². The molecule has 1 atom stereocenters. The van der Waals surface area contributed by atoms with Gasteiger partial charge in [-0.1, -0.05) is 43.3 Å². The average Bonchev–Trinajstić information content (AvgIpc) is 2.78. The molecule has 0 bridgehead atoms. The van der Waals surface area contributed by atoms with Crippen molar-refractivity contribution in [1.29, 1.82) is 0 Å². The van der Waals surface area contributed by atoms with Gasteiger partial charge >= 0.3 is 0 Å². The van der Waals surface area contributed by atoms with Crippen LogP contribution in [0.2, 0.25) is 0 Å². The first-order valence-corrected chi connectivity index (χ1v) is 13.3. The van der Waals surface area contributed by atoms with Crippen LogP contribution in [0.1, 0.15) is 38.3 Å². The molecule has 0 aliphatic rings. The highest BCUT2D eigenvalue weighted by Gasteiger charge is 2.32. The Morgan fingerprint density at radius 2 is 1.68 bits per heavy atom. The smallest absolute Gasteiger partial charge is 0.244 e. The summed E-state index contributed by atoms with van der Waals surface area (Å²) in [6.45, 7) is 7.89. The number of carbonyl (C=O) groups is 2. The molecule has 0 heterocycles. The highest BCUT2D eigenvalue weighted by molar-refractivity contribution is 7.92. The maximum absolute atomic E-state index is 13.7. The van der Waals surface area contributed by atoms with Gasteiger partial charge in [0.2, 0.25) is 21.8 Å². The topological polar surface area (TPSA) is 96.0 Å². The van der Waals surface area contributed by atoms with Crippen molar-refractivity contribution in [2.75, 3.05) is 30.3 Å². The van der Waals surface area contributed by atoms with Crippen LogP contribution in [0.15, 0.2) is 48.5 Å². The normalized spacial score (nSPS) is 12.0. The van der Waals surface area contributed by atoms with Crippen molar-refractivity contribution in [3.63, 3.8) is 0 Å². The first-order chi connectivity index (χ1) is 16.1. The molecule has 0 radical (unpaired) electrons. The molecule has 0 aliphatic heterocycles. The van der Waals surface area contributed by atoms with Crippen LogP contribution in [0.3, 0.4) is 0 Å². The van der Waals surface area contributed by atoms with Gasteiger partial charge in [0.15, 0.2) is 0 Å². The molecule has 2 rings (SSSR count). The summed E-state index contributed by atoms with van der Waals surface area (Å²) in [7, 11) is -3.83. The summed E-state index contributed by atoms with van der Waals surface area (Å²) >= 11 is 0. The van der Waals surface area contributed by atoms with Crippen LogP contribution in [0.4, 0.5) is 5.69 Å². The Labute approximate surface area is 202 Å². The number of carbonyl (C=O) groups excluding carboxylic acids is 2. The molecule has 0 spiro atoms. The van der Waals surface area contributed by atoms with Crippen LogP contribution < -0.4 is 14.4 Å². The number of likely N-dealkylation sites (N-methyl/N-ethyl adjacent to an activating group) is 1. The lowest BCUT2D eigenvalue weighted by Crippen LogP contribution is -2.52. The third kappa shape index (κ3) is 6.96. The number of sulfonamides is 1. The van der Waals surface area contributed by atoms with Gasteiger partial charge in [-0.15, -0.1) is 0 Å². The Morgan fingerprint density at radius 3 is 2.26 bits per heavy atom. The van der Waals surface area contributed by atoms with E-state index in [4.69, 9.17) is 4.74 Å². The molecule has 0 fully saturated rings. The quantitative estimate of drug-likeness (QED) is 0.494. The molecule has 186 valence electrons. The van der Waals surface area contributed by atoms with Crippen molar-refractivity contribution in [2.24, 2.45) is 0 Å². The van der Waals surface area contributed by atoms with Crippen molar-refractivity contribution in [3.05, 3.63) is 59.7 Å². The first-order valence-electron chi connectivity index (χ1n) is 11.4. The van der Waals surface area contributed by atoms with Gasteiger partial charge in [-0.2, -0.15) is 0 Å². The summed E-state index contributed by atoms with van der Waals surface area (Å²) in [5.74, 6) is -0.380. The van der Waals surface area contributed by atoms with Gasteiger partial charge in [-0.25, -0.2) is 8.42 Å². The van der Waals surface area contributed by atoms with Crippen LogP contribution in [0.25, 0.3) is 0 Å². The van der Waals surface area contributed by atoms with E-state index in [2.05, 4.69) is 5.32 Å². The maximum atomic E-state index is 13.7. The fraction of sp³-hybridized carbons (Fsp3) is 0.440. The van der Waals surface area contributed by atoms with Crippen LogP contribution >= 0.6 is 0 Å². The molecule has 0 unspecified atom stereocenters. The highest BCUT2D eigenvalue weighted by Crippen LogP contribution is 2.30. The highest BCUT2D eigenvalue weighted by atomic mass is 32.2. The molecule has 8 nitrogen and oxygen atoms in total. The molecule has 2 aromatic rings. The predicted octanol–water partition coefficient (Wildman–Crippen LogP) is 3.10. The van der Waals surface area contributed by atoms with Gasteiger partial charge in [0.05, 0.1) is 18.6 Å². The molecular weight excluding hydrogens is 454 g/mol. The zero-order chi connectivity index (χ0) is 25.3. The number of para-hydroxylation sites is 2. The number of rotatable bonds is 12. The van der Waals surface area contributed by atoms with E-state index in [0.717, 1.165) is 21.7 Å². The average molecular weight is 490 g/mol. The number of hydrogen-bond donors (Lipinski definition) is 1. The van der Waals surface area contributed by atoms with E-state index in [9.17, 15) is 18.0 Å². The fourth-order valence-electron chi connectivity index (χ4n) is 3.72. The van der Waals surface area contributed by atoms with Crippen LogP contribution in [0.5, 0.6) is 5.75 Å². The maximum Gasteiger partial charge on any atom is 0.244 e. The Morgan fingerprint density at radius 1 is 1.03 bits per heavy atom. The van der Waals surface area contributed by atoms with Crippen molar-refractivity contribution in [2.45, 2.75) is 46.7 Å². The van der Waals surface area contributed by atoms with Gasteiger partial charge in [0.1, 0.15) is 18.3 Å². The number of hydrogen-bond acceptors (Lipinski definition) is 5. The summed E-state index contributed by atoms with van der Waals surface area (Å²) in [5, 5.41) is 2.79. The molecule has 2 aromatic carbocycles. The lowest BCUT2D eigenvalue weighted by molar-refractivity contribution is -0.140. The number of benzene rings is 2. The molecule has 0 aliphatic carbocycles. The minimum absolute atomic E-state index is 0.186. The van der Waals surface area contributed by atoms with Gasteiger partial charge in [0, 0.05) is 13.1 Å². The second-order valence-electron chi connectivity index (χ2n) is 7.94. The molecule has 9 heteroatoms. The summed E-state index contributed by atoms with van der Waals surface area (Å²) < 4.78 is 32.2. The molecule has 34 heavy (non-hydrogen) atoms. The van der Waals surface area contributed by atoms with E-state index in [1.807, 2.05) is 45.0 Å². The number of amides is 2. The minimum Gasteiger partial charge on any atom is -0.492 e. The van der Waals surface area contributed by atoms with Gasteiger partial charge in [-0.3, -0.25) is 13.9 Å². The predicted molar refractivity (Wildman–Crippen MR) is 134 cm³/mol. The minimum atomic E-state index is -3.83. The monoisotopic (exact) mass is 489 g/mol. The number of nitrogens with zero attached hydrogens (tertiary/aromatic N) is 2. The first kappa shape index (κ1) is 27.2. The molecule has 2 amide bonds. The SMILES string of the molecule is CCNC(=O)[C@@H](CC)N(Cc1ccccc1C)C(=O)CN(c1ccccc1OCC)S(C)(=O)=O. The summed E-state index contributed by atoms with van der Waals surface area (Å²) in [6.07, 6.45) is 1.44. The largest absolute Gasteiger partial charge is 0.492 e. The standard InChI is InChI=1S/C25H35N3O5S/c1-6-21(25(30)26-7-2)27(17-20-14-10-9-13-19(20)4)24(29)18-28(34(5,31)32)22-15-11-12-16-23(22)33-8-3/h9-16,21H,6-8,17-18H2,1-5H3,(H,26,30)/t21-/m1/s1. The van der Waals surface area contributed by atoms with E-state index in [1.165, 1.54) is 4.90 Å². The zero-order valence-corrected chi connectivity index (χ0v) is 21.4. The Bertz CT molecular complexity index is 1090. The van der Waals surface area contributed by atoms with Crippen molar-refractivity contribution in [3.8, 4) is 5.75 Å². The third-order valence-corrected chi connectivity index (χ3v) is 6.58. The van der Waals surface area contributed by atoms with Crippen LogP contribution in [-0.2, 0) is 26.2 Å². The summed E-state index contributed by atoms with van der Waals surface area (Å²) in [6, 6.07) is 13.6. The lowest BCUT2D eigenvalue weighted by Gasteiger charge is -2.33. The van der Waals surface area contributed by atoms with E-state index in [0.29, 0.717) is 25.3 Å². The fourth-order valence-corrected chi connectivity index (χ4v) is 4.57. The van der Waals surface area contributed by atoms with Crippen LogP contribution in [-0.4, -0.2) is 57.1 Å². The third-order valence-electron chi connectivity index (χ3n) is 5.45. The Balaban J connectivity index is 2.49. The molecular formula is C25H35N3O5S. The van der Waals surface area contributed by atoms with Crippen molar-refractivity contribution in [1.82, 2.24) is 10.2 Å². The van der Waals surface area contributed by atoms with E-state index in [1.54, 1.807) is 31.2 Å². The van der Waals surface area contributed by atoms with Crippen molar-refractivity contribution >= 4 is 27.5 Å². The second kappa shape index (κ2) is 12.4. The summed E-state index contributed by atoms with van der Waals surface area (Å²) in [4.78, 5) is 28.0. The molecule has 0 aromatic heterocycles. The van der Waals surface area contributed by atoms with Crippen LogP contribution in [0, 0.1) is 6.92 Å². The second-order valence-corrected chi connectivity index (χ2v) is 9.84. The zero-order valence-electron chi connectivity index (χ0n) is 20.6. The lowest BCUT2D eigenvalue weighted by atomic mass is 10.1. The van der Waals surface area contributed by atoms with E-state index < -0.39 is 28.5 Å². The number of anilines is 1. The van der Waals surface area contributed by atoms with E-state index in [-0.39, 0.29) is 18.1 Å². The molecule has 0 saturated carbocycles. The number of aryl methyl sites for hydroxylation is 1. The number of nitrogens with one attached hydrogen (secondary N) is 1. The van der Waals surface area contributed by atoms with Gasteiger partial charge < -0.3 is 15.0 Å². The van der Waals surface area contributed by atoms with E-state index >= 15 is 0 Å². The number of ether oxygens (including phenoxy) is 1.